The highest BCUT2D eigenvalue weighted by Crippen LogP contribution is 2.51. The number of hydrogen-bond acceptors (Lipinski definition) is 9. The maximum Gasteiger partial charge on any atom is 0.269 e. The van der Waals surface area contributed by atoms with E-state index in [1.165, 1.54) is 11.8 Å². The number of anilines is 2. The van der Waals surface area contributed by atoms with Gasteiger partial charge in [-0.3, -0.25) is 9.69 Å². The minimum Gasteiger partial charge on any atom is -0.493 e. The number of amides is 1. The molecule has 1 fully saturated rings. The molecule has 0 bridgehead atoms. The highest BCUT2D eigenvalue weighted by molar-refractivity contribution is 8.19. The summed E-state index contributed by atoms with van der Waals surface area (Å²) in [6.07, 6.45) is 0.564. The van der Waals surface area contributed by atoms with Gasteiger partial charge in [0.05, 0.1) is 46.9 Å². The van der Waals surface area contributed by atoms with Gasteiger partial charge >= 0.3 is 0 Å². The third-order valence-corrected chi connectivity index (χ3v) is 8.76. The van der Waals surface area contributed by atoms with Gasteiger partial charge in [-0.1, -0.05) is 42.1 Å². The van der Waals surface area contributed by atoms with E-state index in [9.17, 15) is 10.1 Å². The van der Waals surface area contributed by atoms with Crippen LogP contribution in [-0.2, 0) is 11.3 Å². The zero-order valence-corrected chi connectivity index (χ0v) is 23.9. The number of nitriles is 1. The molecule has 0 aliphatic carbocycles. The van der Waals surface area contributed by atoms with Crippen molar-refractivity contribution >= 4 is 51.7 Å². The maximum atomic E-state index is 14.0. The van der Waals surface area contributed by atoms with Gasteiger partial charge in [-0.05, 0) is 54.6 Å². The van der Waals surface area contributed by atoms with Crippen molar-refractivity contribution in [1.82, 2.24) is 4.90 Å². The molecule has 2 aliphatic heterocycles. The number of carbonyl (C=O) groups is 1. The Labute approximate surface area is 242 Å². The molecule has 3 aromatic carbocycles. The highest BCUT2D eigenvalue weighted by atomic mass is 32.2. The van der Waals surface area contributed by atoms with Crippen molar-refractivity contribution in [3.63, 3.8) is 0 Å². The monoisotopic (exact) mass is 571 g/mol. The molecule has 2 N–H and O–H groups in total. The van der Waals surface area contributed by atoms with Crippen LogP contribution in [0.15, 0.2) is 86.6 Å². The van der Waals surface area contributed by atoms with Crippen molar-refractivity contribution in [2.24, 2.45) is 4.99 Å². The van der Waals surface area contributed by atoms with Crippen LogP contribution in [0.2, 0.25) is 0 Å². The summed E-state index contributed by atoms with van der Waals surface area (Å²) in [7, 11) is 1.95. The molecule has 10 heteroatoms. The summed E-state index contributed by atoms with van der Waals surface area (Å²) in [6.45, 7) is 3.59. The number of fused-ring (bicyclic) bond motifs is 1. The minimum atomic E-state index is -0.115. The van der Waals surface area contributed by atoms with Gasteiger partial charge in [-0.2, -0.15) is 5.26 Å². The normalized spacial score (nSPS) is 17.4. The average Bonchev–Trinajstić information content (AvgIpc) is 3.45. The van der Waals surface area contributed by atoms with E-state index in [2.05, 4.69) is 11.4 Å². The summed E-state index contributed by atoms with van der Waals surface area (Å²) in [6, 6.07) is 23.2. The van der Waals surface area contributed by atoms with Crippen molar-refractivity contribution in [2.45, 2.75) is 24.8 Å². The Morgan fingerprint density at radius 1 is 1.10 bits per heavy atom. The number of benzene rings is 3. The van der Waals surface area contributed by atoms with Gasteiger partial charge in [-0.25, -0.2) is 4.99 Å². The van der Waals surface area contributed by atoms with E-state index in [1.54, 1.807) is 28.8 Å². The lowest BCUT2D eigenvalue weighted by Crippen LogP contribution is -2.29. The Balaban J connectivity index is 1.53. The lowest BCUT2D eigenvalue weighted by Gasteiger charge is -2.17. The third kappa shape index (κ3) is 5.82. The van der Waals surface area contributed by atoms with Gasteiger partial charge in [0, 0.05) is 37.6 Å². The van der Waals surface area contributed by atoms with Crippen molar-refractivity contribution in [1.29, 1.82) is 5.26 Å². The Bertz CT molecular complexity index is 1520. The van der Waals surface area contributed by atoms with Crippen LogP contribution in [0.25, 0.3) is 0 Å². The van der Waals surface area contributed by atoms with Gasteiger partial charge in [-0.15, -0.1) is 0 Å². The molecular weight excluding hydrogens is 542 g/mol. The second kappa shape index (κ2) is 12.5. The number of rotatable bonds is 9. The largest absolute Gasteiger partial charge is 0.493 e. The number of amidine groups is 1. The Hall–Kier alpha value is -3.91. The fourth-order valence-electron chi connectivity index (χ4n) is 4.33. The Morgan fingerprint density at radius 3 is 2.67 bits per heavy atom. The van der Waals surface area contributed by atoms with Gasteiger partial charge in [0.2, 0.25) is 0 Å². The molecule has 0 atom stereocenters. The number of hydrogen-bond donors (Lipinski definition) is 2. The van der Waals surface area contributed by atoms with Crippen LogP contribution in [0, 0.1) is 11.3 Å². The van der Waals surface area contributed by atoms with Gasteiger partial charge < -0.3 is 20.1 Å². The molecule has 40 heavy (non-hydrogen) atoms. The topological polar surface area (TPSA) is 101 Å². The lowest BCUT2D eigenvalue weighted by atomic mass is 10.2. The van der Waals surface area contributed by atoms with Crippen LogP contribution < -0.4 is 15.0 Å². The first-order valence-electron chi connectivity index (χ1n) is 13.0. The summed E-state index contributed by atoms with van der Waals surface area (Å²) >= 11 is 2.90. The first-order valence-corrected chi connectivity index (χ1v) is 14.6. The molecule has 0 spiro atoms. The summed E-state index contributed by atoms with van der Waals surface area (Å²) in [5.41, 5.74) is 3.87. The number of nitrogens with one attached hydrogen (secondary N) is 1. The number of carbonyl (C=O) groups excluding carboxylic acids is 1. The van der Waals surface area contributed by atoms with E-state index in [-0.39, 0.29) is 12.5 Å². The molecule has 204 valence electrons. The number of aliphatic hydroxyl groups is 1. The summed E-state index contributed by atoms with van der Waals surface area (Å²) in [4.78, 5) is 24.3. The van der Waals surface area contributed by atoms with Crippen molar-refractivity contribution in [2.75, 3.05) is 37.0 Å². The number of thioether (sulfide) groups is 2. The maximum absolute atomic E-state index is 14.0. The molecule has 0 radical (unpaired) electrons. The van der Waals surface area contributed by atoms with Gasteiger partial charge in [0.25, 0.3) is 5.91 Å². The fourth-order valence-corrected chi connectivity index (χ4v) is 6.65. The molecule has 2 heterocycles. The van der Waals surface area contributed by atoms with Crippen LogP contribution in [0.5, 0.6) is 5.75 Å². The smallest absolute Gasteiger partial charge is 0.269 e. The first kappa shape index (κ1) is 27.6. The number of nitrogens with zero attached hydrogens (tertiary/aromatic N) is 4. The van der Waals surface area contributed by atoms with Crippen LogP contribution in [0.3, 0.4) is 0 Å². The van der Waals surface area contributed by atoms with E-state index >= 15 is 0 Å². The molecule has 0 saturated carbocycles. The predicted octanol–water partition coefficient (Wildman–Crippen LogP) is 5.93. The molecule has 3 aromatic rings. The van der Waals surface area contributed by atoms with Crippen LogP contribution >= 0.6 is 23.5 Å². The lowest BCUT2D eigenvalue weighted by molar-refractivity contribution is -0.122. The van der Waals surface area contributed by atoms with Crippen LogP contribution in [0.1, 0.15) is 24.5 Å². The number of aliphatic imine (C=N–C) groups is 1. The zero-order chi connectivity index (χ0) is 28.1. The molecule has 2 aliphatic rings. The fraction of sp³-hybridized carbons (Fsp3) is 0.233. The predicted molar refractivity (Wildman–Crippen MR) is 162 cm³/mol. The van der Waals surface area contributed by atoms with Crippen LogP contribution in [-0.4, -0.2) is 47.9 Å². The summed E-state index contributed by atoms with van der Waals surface area (Å²) in [5.74, 6) is 0.605. The number of ether oxygens (including phenoxy) is 1. The van der Waals surface area contributed by atoms with Crippen molar-refractivity contribution in [3.05, 3.63) is 87.8 Å². The molecule has 8 nitrogen and oxygen atoms in total. The zero-order valence-electron chi connectivity index (χ0n) is 22.3. The standard InChI is InChI=1S/C30H29N5O3S2/c1-3-32-23-12-10-21(18-31)16-24(23)33-30-35(19-20-8-5-4-6-9-20)28(37)27(40-30)29-34(2)25-17-22(38-15-7-14-36)11-13-26(25)39-29/h4-6,8-13,16-17,32,36H,3,7,14-15,19H2,1-2H3/b29-27-,33-30+. The van der Waals surface area contributed by atoms with Gasteiger partial charge in [0.15, 0.2) is 5.17 Å². The first-order chi connectivity index (χ1) is 19.5. The minimum absolute atomic E-state index is 0.0798. The highest BCUT2D eigenvalue weighted by Gasteiger charge is 2.39. The molecule has 0 aromatic heterocycles. The molecule has 0 unspecified atom stereocenters. The Morgan fingerprint density at radius 2 is 1.93 bits per heavy atom. The van der Waals surface area contributed by atoms with E-state index in [0.717, 1.165) is 32.6 Å². The SMILES string of the molecule is CCNc1ccc(C#N)cc1/N=C1/S/C(=C2\Sc3ccc(OCCCO)cc3N2C)C(=O)N1Cc1ccccc1. The molecule has 1 amide bonds. The summed E-state index contributed by atoms with van der Waals surface area (Å²) < 4.78 is 5.78. The molecule has 5 rings (SSSR count). The summed E-state index contributed by atoms with van der Waals surface area (Å²) in [5, 5.41) is 23.2. The van der Waals surface area contributed by atoms with E-state index in [0.29, 0.717) is 47.4 Å². The van der Waals surface area contributed by atoms with E-state index in [1.807, 2.05) is 73.5 Å². The van der Waals surface area contributed by atoms with Crippen molar-refractivity contribution < 1.29 is 14.6 Å². The van der Waals surface area contributed by atoms with E-state index in [4.69, 9.17) is 14.8 Å². The quantitative estimate of drug-likeness (QED) is 0.241. The second-order valence-electron chi connectivity index (χ2n) is 9.10. The van der Waals surface area contributed by atoms with E-state index < -0.39 is 0 Å². The Kier molecular flexibility index (Phi) is 8.65. The van der Waals surface area contributed by atoms with Gasteiger partial charge in [0.1, 0.15) is 10.7 Å². The van der Waals surface area contributed by atoms with Crippen LogP contribution in [0.4, 0.5) is 17.1 Å². The molecule has 1 saturated heterocycles. The molecular formula is C30H29N5O3S2. The van der Waals surface area contributed by atoms with Crippen molar-refractivity contribution in [3.8, 4) is 11.8 Å². The second-order valence-corrected chi connectivity index (χ2v) is 11.1. The number of aliphatic hydroxyl groups excluding tert-OH is 1. The average molecular weight is 572 g/mol. The third-order valence-electron chi connectivity index (χ3n) is 6.33.